The number of rotatable bonds is 4. The molecule has 0 heterocycles. The van der Waals surface area contributed by atoms with Crippen LogP contribution in [-0.4, -0.2) is 12.2 Å². The van der Waals surface area contributed by atoms with Crippen molar-refractivity contribution in [2.45, 2.75) is 51.4 Å². The van der Waals surface area contributed by atoms with Crippen molar-refractivity contribution < 1.29 is 13.6 Å². The Morgan fingerprint density at radius 3 is 2.36 bits per heavy atom. The Labute approximate surface area is 83.9 Å². The van der Waals surface area contributed by atoms with Crippen LogP contribution in [-0.2, 0) is 4.79 Å². The van der Waals surface area contributed by atoms with Crippen LogP contribution in [0.3, 0.4) is 0 Å². The van der Waals surface area contributed by atoms with Gasteiger partial charge in [-0.25, -0.2) is 8.78 Å². The van der Waals surface area contributed by atoms with Crippen LogP contribution < -0.4 is 0 Å². The molecule has 0 N–H and O–H groups in total. The van der Waals surface area contributed by atoms with Gasteiger partial charge >= 0.3 is 0 Å². The van der Waals surface area contributed by atoms with Gasteiger partial charge < -0.3 is 4.79 Å². The zero-order chi connectivity index (χ0) is 10.6. The smallest absolute Gasteiger partial charge is 0.248 e. The van der Waals surface area contributed by atoms with Crippen molar-refractivity contribution in [3.63, 3.8) is 0 Å². The summed E-state index contributed by atoms with van der Waals surface area (Å²) in [5.74, 6) is -3.39. The second-order valence-electron chi connectivity index (χ2n) is 4.36. The molecule has 82 valence electrons. The second kappa shape index (κ2) is 4.85. The van der Waals surface area contributed by atoms with Gasteiger partial charge in [0.1, 0.15) is 6.29 Å². The van der Waals surface area contributed by atoms with Gasteiger partial charge in [0.2, 0.25) is 5.92 Å². The molecule has 0 aliphatic heterocycles. The maximum atomic E-state index is 13.2. The third kappa shape index (κ3) is 3.03. The molecule has 0 saturated heterocycles. The monoisotopic (exact) mass is 204 g/mol. The number of carbonyl (C=O) groups excluding carboxylic acids is 1. The molecule has 1 rings (SSSR count). The molecule has 0 amide bonds. The molecule has 3 heteroatoms. The lowest BCUT2D eigenvalue weighted by Gasteiger charge is -2.32. The molecule has 0 radical (unpaired) electrons. The molecule has 1 unspecified atom stereocenters. The van der Waals surface area contributed by atoms with Crippen molar-refractivity contribution in [1.29, 1.82) is 0 Å². The molecule has 1 atom stereocenters. The lowest BCUT2D eigenvalue weighted by atomic mass is 9.76. The third-order valence-electron chi connectivity index (χ3n) is 3.22. The Morgan fingerprint density at radius 2 is 1.93 bits per heavy atom. The SMILES string of the molecule is CC(F)(F)C(CC=O)C1CCCCC1. The summed E-state index contributed by atoms with van der Waals surface area (Å²) >= 11 is 0. The van der Waals surface area contributed by atoms with Crippen LogP contribution in [0.25, 0.3) is 0 Å². The lowest BCUT2D eigenvalue weighted by molar-refractivity contribution is -0.116. The van der Waals surface area contributed by atoms with Crippen molar-refractivity contribution in [1.82, 2.24) is 0 Å². The molecule has 0 aromatic carbocycles. The van der Waals surface area contributed by atoms with Gasteiger partial charge in [-0.15, -0.1) is 0 Å². The zero-order valence-electron chi connectivity index (χ0n) is 8.64. The lowest BCUT2D eigenvalue weighted by Crippen LogP contribution is -2.33. The summed E-state index contributed by atoms with van der Waals surface area (Å²) in [6.07, 6.45) is 5.60. The van der Waals surface area contributed by atoms with E-state index in [1.807, 2.05) is 0 Å². The molecule has 1 saturated carbocycles. The predicted octanol–water partition coefficient (Wildman–Crippen LogP) is 3.43. The summed E-state index contributed by atoms with van der Waals surface area (Å²) in [7, 11) is 0. The van der Waals surface area contributed by atoms with Gasteiger partial charge in [-0.1, -0.05) is 19.3 Å². The fourth-order valence-electron chi connectivity index (χ4n) is 2.45. The first-order chi connectivity index (χ1) is 6.55. The van der Waals surface area contributed by atoms with Gasteiger partial charge in [-0.2, -0.15) is 0 Å². The number of halogens is 2. The van der Waals surface area contributed by atoms with Crippen LogP contribution in [0.5, 0.6) is 0 Å². The first-order valence-corrected chi connectivity index (χ1v) is 5.37. The van der Waals surface area contributed by atoms with Gasteiger partial charge in [-0.05, 0) is 25.7 Å². The highest BCUT2D eigenvalue weighted by molar-refractivity contribution is 5.50. The van der Waals surface area contributed by atoms with Crippen molar-refractivity contribution in [3.05, 3.63) is 0 Å². The highest BCUT2D eigenvalue weighted by Crippen LogP contribution is 2.39. The highest BCUT2D eigenvalue weighted by atomic mass is 19.3. The van der Waals surface area contributed by atoms with E-state index in [0.29, 0.717) is 6.29 Å². The zero-order valence-corrected chi connectivity index (χ0v) is 8.64. The molecule has 1 nitrogen and oxygen atoms in total. The van der Waals surface area contributed by atoms with E-state index < -0.39 is 11.8 Å². The van der Waals surface area contributed by atoms with Gasteiger partial charge in [0.25, 0.3) is 0 Å². The molecule has 0 aromatic heterocycles. The van der Waals surface area contributed by atoms with E-state index in [1.54, 1.807) is 0 Å². The summed E-state index contributed by atoms with van der Waals surface area (Å²) in [4.78, 5) is 10.4. The Hall–Kier alpha value is -0.470. The van der Waals surface area contributed by atoms with E-state index in [0.717, 1.165) is 39.0 Å². The minimum atomic E-state index is -2.71. The fraction of sp³-hybridized carbons (Fsp3) is 0.909. The summed E-state index contributed by atoms with van der Waals surface area (Å²) in [6, 6.07) is 0. The Kier molecular flexibility index (Phi) is 4.02. The minimum absolute atomic E-state index is 0.00810. The molecular weight excluding hydrogens is 186 g/mol. The van der Waals surface area contributed by atoms with Crippen LogP contribution in [0, 0.1) is 11.8 Å². The maximum absolute atomic E-state index is 13.2. The minimum Gasteiger partial charge on any atom is -0.303 e. The van der Waals surface area contributed by atoms with Crippen LogP contribution in [0.15, 0.2) is 0 Å². The van der Waals surface area contributed by atoms with Crippen LogP contribution in [0.2, 0.25) is 0 Å². The Morgan fingerprint density at radius 1 is 1.36 bits per heavy atom. The van der Waals surface area contributed by atoms with Gasteiger partial charge in [0.05, 0.1) is 0 Å². The van der Waals surface area contributed by atoms with Crippen molar-refractivity contribution in [2.24, 2.45) is 11.8 Å². The number of aldehydes is 1. The molecule has 0 aromatic rings. The largest absolute Gasteiger partial charge is 0.303 e. The molecule has 0 spiro atoms. The van der Waals surface area contributed by atoms with E-state index in [1.165, 1.54) is 0 Å². The molecule has 1 fully saturated rings. The average Bonchev–Trinajstić information content (AvgIpc) is 2.14. The summed E-state index contributed by atoms with van der Waals surface area (Å²) < 4.78 is 26.4. The van der Waals surface area contributed by atoms with E-state index in [4.69, 9.17) is 0 Å². The number of carbonyl (C=O) groups is 1. The van der Waals surface area contributed by atoms with E-state index in [9.17, 15) is 13.6 Å². The van der Waals surface area contributed by atoms with Crippen molar-refractivity contribution in [2.75, 3.05) is 0 Å². The van der Waals surface area contributed by atoms with Crippen LogP contribution in [0.1, 0.15) is 45.4 Å². The standard InChI is InChI=1S/C11H18F2O/c1-11(12,13)10(7-8-14)9-5-3-2-4-6-9/h8-10H,2-7H2,1H3. The number of hydrogen-bond acceptors (Lipinski definition) is 1. The normalized spacial score (nSPS) is 21.9. The third-order valence-corrected chi connectivity index (χ3v) is 3.22. The Bertz CT molecular complexity index is 180. The quantitative estimate of drug-likeness (QED) is 0.641. The van der Waals surface area contributed by atoms with E-state index in [2.05, 4.69) is 0 Å². The maximum Gasteiger partial charge on any atom is 0.248 e. The van der Waals surface area contributed by atoms with Crippen LogP contribution >= 0.6 is 0 Å². The highest BCUT2D eigenvalue weighted by Gasteiger charge is 2.39. The molecule has 1 aliphatic carbocycles. The van der Waals surface area contributed by atoms with Crippen molar-refractivity contribution >= 4 is 6.29 Å². The van der Waals surface area contributed by atoms with Gasteiger partial charge in [-0.3, -0.25) is 0 Å². The average molecular weight is 204 g/mol. The van der Waals surface area contributed by atoms with Crippen LogP contribution in [0.4, 0.5) is 8.78 Å². The Balaban J connectivity index is 2.60. The number of alkyl halides is 2. The first kappa shape index (κ1) is 11.6. The number of hydrogen-bond donors (Lipinski definition) is 0. The molecular formula is C11H18F2O. The van der Waals surface area contributed by atoms with Gasteiger partial charge in [0, 0.05) is 12.3 Å². The summed E-state index contributed by atoms with van der Waals surface area (Å²) in [5, 5.41) is 0. The van der Waals surface area contributed by atoms with E-state index in [-0.39, 0.29) is 12.3 Å². The van der Waals surface area contributed by atoms with Gasteiger partial charge in [0.15, 0.2) is 0 Å². The predicted molar refractivity (Wildman–Crippen MR) is 51.4 cm³/mol. The van der Waals surface area contributed by atoms with E-state index >= 15 is 0 Å². The van der Waals surface area contributed by atoms with Crippen molar-refractivity contribution in [3.8, 4) is 0 Å². The summed E-state index contributed by atoms with van der Waals surface area (Å²) in [6.45, 7) is 0.940. The topological polar surface area (TPSA) is 17.1 Å². The fourth-order valence-corrected chi connectivity index (χ4v) is 2.45. The summed E-state index contributed by atoms with van der Waals surface area (Å²) in [5.41, 5.74) is 0. The molecule has 1 aliphatic rings. The second-order valence-corrected chi connectivity index (χ2v) is 4.36. The first-order valence-electron chi connectivity index (χ1n) is 5.37. The molecule has 0 bridgehead atoms. The molecule has 14 heavy (non-hydrogen) atoms.